The lowest BCUT2D eigenvalue weighted by Gasteiger charge is -2.23. The van der Waals surface area contributed by atoms with E-state index >= 15 is 0 Å². The number of aliphatic carboxylic acids is 1. The summed E-state index contributed by atoms with van der Waals surface area (Å²) in [6, 6.07) is 11.9. The van der Waals surface area contributed by atoms with E-state index in [4.69, 9.17) is 0 Å². The van der Waals surface area contributed by atoms with Crippen molar-refractivity contribution in [3.8, 4) is 0 Å². The van der Waals surface area contributed by atoms with Crippen molar-refractivity contribution in [1.29, 1.82) is 0 Å². The minimum absolute atomic E-state index is 0.287. The highest BCUT2D eigenvalue weighted by Crippen LogP contribution is 2.30. The van der Waals surface area contributed by atoms with Gasteiger partial charge in [-0.1, -0.05) is 31.2 Å². The lowest BCUT2D eigenvalue weighted by molar-refractivity contribution is -0.138. The highest BCUT2D eigenvalue weighted by molar-refractivity contribution is 5.87. The zero-order valence-corrected chi connectivity index (χ0v) is 17.8. The fourth-order valence-electron chi connectivity index (χ4n) is 4.48. The van der Waals surface area contributed by atoms with Crippen LogP contribution in [0.15, 0.2) is 58.3 Å². The summed E-state index contributed by atoms with van der Waals surface area (Å²) in [5.74, 6) is -1.04. The van der Waals surface area contributed by atoms with Crippen molar-refractivity contribution < 1.29 is 9.90 Å². The summed E-state index contributed by atoms with van der Waals surface area (Å²) in [5, 5.41) is 10.8. The van der Waals surface area contributed by atoms with Crippen LogP contribution in [0.25, 0.3) is 21.8 Å². The highest BCUT2D eigenvalue weighted by atomic mass is 16.4. The summed E-state index contributed by atoms with van der Waals surface area (Å²) in [5.41, 5.74) is 2.60. The van der Waals surface area contributed by atoms with Crippen LogP contribution in [0.3, 0.4) is 0 Å². The third-order valence-corrected chi connectivity index (χ3v) is 6.05. The van der Waals surface area contributed by atoms with Gasteiger partial charge in [-0.05, 0) is 44.0 Å². The topological polar surface area (TPSA) is 97.1 Å². The Morgan fingerprint density at radius 2 is 1.84 bits per heavy atom. The average molecular weight is 419 g/mol. The normalized spacial score (nSPS) is 13.5. The molecule has 0 fully saturated rings. The first-order valence-electron chi connectivity index (χ1n) is 10.4. The van der Waals surface area contributed by atoms with E-state index in [0.29, 0.717) is 17.3 Å². The molecule has 31 heavy (non-hydrogen) atoms. The van der Waals surface area contributed by atoms with Crippen LogP contribution in [-0.4, -0.2) is 25.2 Å². The molecule has 160 valence electrons. The molecule has 2 N–H and O–H groups in total. The third-order valence-electron chi connectivity index (χ3n) is 6.05. The molecule has 4 aromatic rings. The first-order valence-corrected chi connectivity index (χ1v) is 10.4. The predicted octanol–water partition coefficient (Wildman–Crippen LogP) is 3.99. The summed E-state index contributed by atoms with van der Waals surface area (Å²) in [7, 11) is 0. The molecule has 0 aliphatic carbocycles. The number of rotatable bonds is 6. The van der Waals surface area contributed by atoms with Crippen molar-refractivity contribution in [1.82, 2.24) is 14.1 Å². The highest BCUT2D eigenvalue weighted by Gasteiger charge is 2.25. The number of benzene rings is 2. The van der Waals surface area contributed by atoms with Crippen molar-refractivity contribution in [3.63, 3.8) is 0 Å². The maximum atomic E-state index is 13.7. The predicted molar refractivity (Wildman–Crippen MR) is 121 cm³/mol. The quantitative estimate of drug-likeness (QED) is 0.494. The van der Waals surface area contributed by atoms with E-state index in [0.717, 1.165) is 26.6 Å². The molecule has 2 aromatic carbocycles. The fraction of sp³-hybridized carbons (Fsp3) is 0.292. The van der Waals surface area contributed by atoms with Crippen molar-refractivity contribution in [2.75, 3.05) is 0 Å². The number of aryl methyl sites for hydroxylation is 1. The molecule has 0 amide bonds. The first kappa shape index (κ1) is 20.7. The zero-order chi connectivity index (χ0) is 22.3. The van der Waals surface area contributed by atoms with Gasteiger partial charge in [0.15, 0.2) is 0 Å². The minimum Gasteiger partial charge on any atom is -0.481 e. The number of carbonyl (C=O) groups is 1. The number of carboxylic acid groups (broad SMARTS) is 1. The van der Waals surface area contributed by atoms with Gasteiger partial charge in [0, 0.05) is 22.7 Å². The maximum absolute atomic E-state index is 13.7. The van der Waals surface area contributed by atoms with Crippen LogP contribution in [0.4, 0.5) is 0 Å². The second kappa shape index (κ2) is 7.91. The number of fused-ring (bicyclic) bond motifs is 2. The van der Waals surface area contributed by atoms with Gasteiger partial charge in [0.05, 0.1) is 29.4 Å². The number of aromatic nitrogens is 3. The van der Waals surface area contributed by atoms with Crippen molar-refractivity contribution in [2.24, 2.45) is 0 Å². The number of nitrogens with zero attached hydrogens (tertiary/aromatic N) is 2. The molecular formula is C24H25N3O4. The molecule has 2 heterocycles. The van der Waals surface area contributed by atoms with Gasteiger partial charge in [-0.2, -0.15) is 0 Å². The molecule has 2 aromatic heterocycles. The smallest absolute Gasteiger partial charge is 0.332 e. The Kier molecular flexibility index (Phi) is 5.27. The standard InChI is InChI=1S/C24H25N3O4/c1-4-16(12-21(28)29)27-23(30)17-9-5-6-11-20(17)26(24(27)31)15(3)18-13-25-19-10-7-8-14(2)22(18)19/h5-11,13,15-16,25H,4,12H2,1-3H3,(H,28,29)/t15-,16?/m0/s1. The number of hydrogen-bond donors (Lipinski definition) is 2. The fourth-order valence-corrected chi connectivity index (χ4v) is 4.48. The average Bonchev–Trinajstić information content (AvgIpc) is 3.18. The van der Waals surface area contributed by atoms with E-state index < -0.39 is 23.3 Å². The first-order chi connectivity index (χ1) is 14.8. The lowest BCUT2D eigenvalue weighted by atomic mass is 10.0. The number of carboxylic acids is 1. The van der Waals surface area contributed by atoms with Crippen LogP contribution in [0.2, 0.25) is 0 Å². The largest absolute Gasteiger partial charge is 0.481 e. The van der Waals surface area contributed by atoms with Gasteiger partial charge in [0.1, 0.15) is 0 Å². The molecule has 0 saturated heterocycles. The Labute approximate surface area is 178 Å². The Morgan fingerprint density at radius 1 is 1.10 bits per heavy atom. The number of H-pyrrole nitrogens is 1. The Morgan fingerprint density at radius 3 is 2.55 bits per heavy atom. The molecule has 2 atom stereocenters. The second-order valence-electron chi connectivity index (χ2n) is 7.92. The molecule has 0 aliphatic heterocycles. The number of nitrogens with one attached hydrogen (secondary N) is 1. The van der Waals surface area contributed by atoms with Crippen LogP contribution in [-0.2, 0) is 4.79 Å². The van der Waals surface area contributed by atoms with Gasteiger partial charge in [0.25, 0.3) is 5.56 Å². The van der Waals surface area contributed by atoms with Crippen LogP contribution >= 0.6 is 0 Å². The molecule has 0 saturated carbocycles. The summed E-state index contributed by atoms with van der Waals surface area (Å²) < 4.78 is 2.73. The second-order valence-corrected chi connectivity index (χ2v) is 7.92. The zero-order valence-electron chi connectivity index (χ0n) is 17.8. The molecule has 0 aliphatic rings. The van der Waals surface area contributed by atoms with Crippen LogP contribution in [0.5, 0.6) is 0 Å². The lowest BCUT2D eigenvalue weighted by Crippen LogP contribution is -2.43. The molecule has 7 heteroatoms. The van der Waals surface area contributed by atoms with Crippen molar-refractivity contribution in [3.05, 3.63) is 80.6 Å². The summed E-state index contributed by atoms with van der Waals surface area (Å²) in [6.07, 6.45) is 1.97. The molecule has 4 rings (SSSR count). The minimum atomic E-state index is -1.04. The van der Waals surface area contributed by atoms with E-state index in [-0.39, 0.29) is 12.5 Å². The van der Waals surface area contributed by atoms with Crippen LogP contribution < -0.4 is 11.2 Å². The van der Waals surface area contributed by atoms with E-state index in [1.807, 2.05) is 38.2 Å². The number of aromatic amines is 1. The van der Waals surface area contributed by atoms with Gasteiger partial charge in [-0.15, -0.1) is 0 Å². The molecule has 0 bridgehead atoms. The molecule has 0 spiro atoms. The van der Waals surface area contributed by atoms with Crippen molar-refractivity contribution >= 4 is 27.8 Å². The monoisotopic (exact) mass is 419 g/mol. The Balaban J connectivity index is 2.04. The van der Waals surface area contributed by atoms with E-state index in [1.165, 1.54) is 0 Å². The van der Waals surface area contributed by atoms with E-state index in [9.17, 15) is 19.5 Å². The third kappa shape index (κ3) is 3.36. The Hall–Kier alpha value is -3.61. The van der Waals surface area contributed by atoms with Crippen molar-refractivity contribution in [2.45, 2.75) is 45.7 Å². The van der Waals surface area contributed by atoms with Gasteiger partial charge in [0.2, 0.25) is 0 Å². The van der Waals surface area contributed by atoms with E-state index in [1.54, 1.807) is 35.8 Å². The van der Waals surface area contributed by atoms with Gasteiger partial charge < -0.3 is 10.1 Å². The summed E-state index contributed by atoms with van der Waals surface area (Å²) in [6.45, 7) is 5.73. The van der Waals surface area contributed by atoms with Crippen LogP contribution in [0.1, 0.15) is 49.9 Å². The maximum Gasteiger partial charge on any atom is 0.332 e. The number of hydrogen-bond acceptors (Lipinski definition) is 3. The molecular weight excluding hydrogens is 394 g/mol. The summed E-state index contributed by atoms with van der Waals surface area (Å²) >= 11 is 0. The van der Waals surface area contributed by atoms with Gasteiger partial charge in [-0.25, -0.2) is 4.79 Å². The molecule has 1 unspecified atom stereocenters. The summed E-state index contributed by atoms with van der Waals surface area (Å²) in [4.78, 5) is 41.5. The van der Waals surface area contributed by atoms with E-state index in [2.05, 4.69) is 4.98 Å². The Bertz CT molecular complexity index is 1410. The SMILES string of the molecule is CCC(CC(=O)O)n1c(=O)c2ccccc2n([C@@H](C)c2c[nH]c3cccc(C)c23)c1=O. The van der Waals surface area contributed by atoms with Crippen LogP contribution in [0, 0.1) is 6.92 Å². The number of para-hydroxylation sites is 1. The van der Waals surface area contributed by atoms with Gasteiger partial charge in [-0.3, -0.25) is 18.7 Å². The van der Waals surface area contributed by atoms with Gasteiger partial charge >= 0.3 is 11.7 Å². The molecule has 7 nitrogen and oxygen atoms in total. The molecule has 0 radical (unpaired) electrons.